The molecule has 25 heavy (non-hydrogen) atoms. The highest BCUT2D eigenvalue weighted by Crippen LogP contribution is 2.26. The van der Waals surface area contributed by atoms with E-state index in [1.807, 2.05) is 12.1 Å². The molecule has 1 aliphatic heterocycles. The largest absolute Gasteiger partial charge is 0.352 e. The van der Waals surface area contributed by atoms with Crippen LogP contribution in [0.5, 0.6) is 0 Å². The monoisotopic (exact) mass is 336 g/mol. The van der Waals surface area contributed by atoms with Crippen LogP contribution < -0.4 is 5.32 Å². The number of nitriles is 1. The molecule has 2 aromatic rings. The summed E-state index contributed by atoms with van der Waals surface area (Å²) in [6, 6.07) is 17.0. The van der Waals surface area contributed by atoms with Crippen LogP contribution in [0.1, 0.15) is 29.0 Å². The summed E-state index contributed by atoms with van der Waals surface area (Å²) >= 11 is 0. The third-order valence-corrected chi connectivity index (χ3v) is 4.59. The van der Waals surface area contributed by atoms with Crippen molar-refractivity contribution < 1.29 is 4.39 Å². The maximum atomic E-state index is 14.0. The van der Waals surface area contributed by atoms with Crippen molar-refractivity contribution in [3.05, 3.63) is 71.0 Å². The second kappa shape index (κ2) is 7.80. The Labute approximate surface area is 147 Å². The molecule has 0 saturated carbocycles. The van der Waals surface area contributed by atoms with Crippen molar-refractivity contribution in [1.29, 1.82) is 5.26 Å². The quantitative estimate of drug-likeness (QED) is 0.691. The van der Waals surface area contributed by atoms with Gasteiger partial charge in [0.15, 0.2) is 5.96 Å². The molecule has 0 aliphatic carbocycles. The Hall–Kier alpha value is -2.87. The van der Waals surface area contributed by atoms with Crippen molar-refractivity contribution in [3.8, 4) is 6.07 Å². The highest BCUT2D eigenvalue weighted by atomic mass is 19.1. The number of benzene rings is 2. The van der Waals surface area contributed by atoms with Crippen LogP contribution in [0, 0.1) is 17.1 Å². The molecular weight excluding hydrogens is 315 g/mol. The molecule has 1 aliphatic rings. The SMILES string of the molecule is CN=C(NCc1ccc(C#N)cc1F)N1CCC(c2ccccc2)C1. The molecule has 1 N–H and O–H groups in total. The normalized spacial score (nSPS) is 17.4. The van der Waals surface area contributed by atoms with E-state index in [1.54, 1.807) is 19.2 Å². The number of halogens is 1. The van der Waals surface area contributed by atoms with E-state index in [9.17, 15) is 4.39 Å². The van der Waals surface area contributed by atoms with E-state index in [0.717, 1.165) is 25.5 Å². The molecule has 0 bridgehead atoms. The Kier molecular flexibility index (Phi) is 5.30. The summed E-state index contributed by atoms with van der Waals surface area (Å²) in [6.45, 7) is 2.17. The fraction of sp³-hybridized carbons (Fsp3) is 0.300. The molecule has 2 aromatic carbocycles. The fourth-order valence-corrected chi connectivity index (χ4v) is 3.22. The second-order valence-electron chi connectivity index (χ2n) is 6.16. The van der Waals surface area contributed by atoms with Crippen LogP contribution in [-0.2, 0) is 6.54 Å². The van der Waals surface area contributed by atoms with Crippen LogP contribution in [-0.4, -0.2) is 31.0 Å². The zero-order chi connectivity index (χ0) is 17.6. The number of nitrogens with one attached hydrogen (secondary N) is 1. The third-order valence-electron chi connectivity index (χ3n) is 4.59. The number of likely N-dealkylation sites (tertiary alicyclic amines) is 1. The van der Waals surface area contributed by atoms with Gasteiger partial charge in [0, 0.05) is 38.2 Å². The number of hydrogen-bond acceptors (Lipinski definition) is 2. The zero-order valence-electron chi connectivity index (χ0n) is 14.2. The molecular formula is C20H21FN4. The predicted molar refractivity (Wildman–Crippen MR) is 96.7 cm³/mol. The number of hydrogen-bond donors (Lipinski definition) is 1. The van der Waals surface area contributed by atoms with Gasteiger partial charge in [-0.3, -0.25) is 4.99 Å². The van der Waals surface area contributed by atoms with Gasteiger partial charge in [0.05, 0.1) is 11.6 Å². The van der Waals surface area contributed by atoms with Crippen LogP contribution in [0.2, 0.25) is 0 Å². The topological polar surface area (TPSA) is 51.4 Å². The molecule has 1 fully saturated rings. The molecule has 0 radical (unpaired) electrons. The molecule has 0 aromatic heterocycles. The lowest BCUT2D eigenvalue weighted by Crippen LogP contribution is -2.39. The Balaban J connectivity index is 1.61. The van der Waals surface area contributed by atoms with Gasteiger partial charge in [-0.05, 0) is 24.1 Å². The van der Waals surface area contributed by atoms with Crippen molar-refractivity contribution in [2.45, 2.75) is 18.9 Å². The van der Waals surface area contributed by atoms with E-state index < -0.39 is 0 Å². The van der Waals surface area contributed by atoms with Crippen LogP contribution in [0.3, 0.4) is 0 Å². The molecule has 0 amide bonds. The molecule has 1 heterocycles. The first kappa shape index (κ1) is 17.0. The molecule has 1 saturated heterocycles. The van der Waals surface area contributed by atoms with Crippen molar-refractivity contribution in [3.63, 3.8) is 0 Å². The molecule has 5 heteroatoms. The Morgan fingerprint density at radius 1 is 1.32 bits per heavy atom. The lowest BCUT2D eigenvalue weighted by Gasteiger charge is -2.22. The van der Waals surface area contributed by atoms with Crippen molar-refractivity contribution in [2.24, 2.45) is 4.99 Å². The minimum absolute atomic E-state index is 0.330. The van der Waals surface area contributed by atoms with Crippen LogP contribution >= 0.6 is 0 Å². The summed E-state index contributed by atoms with van der Waals surface area (Å²) in [5.41, 5.74) is 2.20. The molecule has 128 valence electrons. The first-order valence-corrected chi connectivity index (χ1v) is 8.40. The van der Waals surface area contributed by atoms with E-state index in [2.05, 4.69) is 39.5 Å². The lowest BCUT2D eigenvalue weighted by atomic mass is 9.99. The van der Waals surface area contributed by atoms with Crippen LogP contribution in [0.25, 0.3) is 0 Å². The van der Waals surface area contributed by atoms with Gasteiger partial charge in [0.25, 0.3) is 0 Å². The maximum absolute atomic E-state index is 14.0. The van der Waals surface area contributed by atoms with E-state index in [4.69, 9.17) is 5.26 Å². The van der Waals surface area contributed by atoms with Gasteiger partial charge >= 0.3 is 0 Å². The van der Waals surface area contributed by atoms with Gasteiger partial charge in [-0.2, -0.15) is 5.26 Å². The van der Waals surface area contributed by atoms with Crippen molar-refractivity contribution in [1.82, 2.24) is 10.2 Å². The highest BCUT2D eigenvalue weighted by molar-refractivity contribution is 5.80. The minimum atomic E-state index is -0.370. The van der Waals surface area contributed by atoms with E-state index in [0.29, 0.717) is 23.6 Å². The van der Waals surface area contributed by atoms with Crippen molar-refractivity contribution >= 4 is 5.96 Å². The zero-order valence-corrected chi connectivity index (χ0v) is 14.2. The molecule has 4 nitrogen and oxygen atoms in total. The van der Waals surface area contributed by atoms with E-state index in [-0.39, 0.29) is 5.82 Å². The Morgan fingerprint density at radius 3 is 2.80 bits per heavy atom. The summed E-state index contributed by atoms with van der Waals surface area (Å²) in [7, 11) is 1.74. The highest BCUT2D eigenvalue weighted by Gasteiger charge is 2.25. The van der Waals surface area contributed by atoms with E-state index >= 15 is 0 Å². The molecule has 1 unspecified atom stereocenters. The maximum Gasteiger partial charge on any atom is 0.193 e. The van der Waals surface area contributed by atoms with Crippen LogP contribution in [0.15, 0.2) is 53.5 Å². The number of aliphatic imine (C=N–C) groups is 1. The minimum Gasteiger partial charge on any atom is -0.352 e. The average Bonchev–Trinajstić information content (AvgIpc) is 3.14. The van der Waals surface area contributed by atoms with Crippen molar-refractivity contribution in [2.75, 3.05) is 20.1 Å². The molecule has 0 spiro atoms. The average molecular weight is 336 g/mol. The van der Waals surface area contributed by atoms with Gasteiger partial charge < -0.3 is 10.2 Å². The number of rotatable bonds is 3. The summed E-state index contributed by atoms with van der Waals surface area (Å²) in [5.74, 6) is 0.902. The van der Waals surface area contributed by atoms with Gasteiger partial charge in [-0.15, -0.1) is 0 Å². The molecule has 3 rings (SSSR count). The lowest BCUT2D eigenvalue weighted by molar-refractivity contribution is 0.484. The molecule has 1 atom stereocenters. The number of guanidine groups is 1. The van der Waals surface area contributed by atoms with Gasteiger partial charge in [0.1, 0.15) is 5.82 Å². The van der Waals surface area contributed by atoms with Gasteiger partial charge in [-0.1, -0.05) is 36.4 Å². The van der Waals surface area contributed by atoms with E-state index in [1.165, 1.54) is 11.6 Å². The standard InChI is InChI=1S/C20H21FN4/c1-23-20(24-13-17-8-7-15(12-22)11-19(17)21)25-10-9-18(14-25)16-5-3-2-4-6-16/h2-8,11,18H,9-10,13-14H2,1H3,(H,23,24). The van der Waals surface area contributed by atoms with Crippen LogP contribution in [0.4, 0.5) is 4.39 Å². The smallest absolute Gasteiger partial charge is 0.193 e. The summed E-state index contributed by atoms with van der Waals surface area (Å²) in [5, 5.41) is 12.0. The third kappa shape index (κ3) is 3.97. The summed E-state index contributed by atoms with van der Waals surface area (Å²) in [4.78, 5) is 6.54. The Morgan fingerprint density at radius 2 is 2.12 bits per heavy atom. The van der Waals surface area contributed by atoms with Gasteiger partial charge in [0.2, 0.25) is 0 Å². The fourth-order valence-electron chi connectivity index (χ4n) is 3.22. The Bertz CT molecular complexity index is 795. The second-order valence-corrected chi connectivity index (χ2v) is 6.16. The first-order chi connectivity index (χ1) is 12.2. The summed E-state index contributed by atoms with van der Waals surface area (Å²) in [6.07, 6.45) is 1.08. The summed E-state index contributed by atoms with van der Waals surface area (Å²) < 4.78 is 14.0. The predicted octanol–water partition coefficient (Wildman–Crippen LogP) is 3.26. The first-order valence-electron chi connectivity index (χ1n) is 8.40. The number of nitrogens with zero attached hydrogens (tertiary/aromatic N) is 3. The van der Waals surface area contributed by atoms with Gasteiger partial charge in [-0.25, -0.2) is 4.39 Å².